The number of halogens is 3. The van der Waals surface area contributed by atoms with Gasteiger partial charge in [-0.05, 0) is 38.3 Å². The fraction of sp³-hybridized carbons (Fsp3) is 0.625. The van der Waals surface area contributed by atoms with Crippen molar-refractivity contribution >= 4 is 27.8 Å². The van der Waals surface area contributed by atoms with E-state index in [4.69, 9.17) is 0 Å². The Balaban J connectivity index is 1.41. The molecule has 9 heteroatoms. The van der Waals surface area contributed by atoms with E-state index in [1.807, 2.05) is 0 Å². The predicted molar refractivity (Wildman–Crippen MR) is 95.1 cm³/mol. The van der Waals surface area contributed by atoms with Gasteiger partial charge in [0.2, 0.25) is 0 Å². The molecule has 3 heterocycles. The molecule has 1 fully saturated rings. The monoisotopic (exact) mass is 390 g/mol. The van der Waals surface area contributed by atoms with Crippen LogP contribution < -0.4 is 5.32 Å². The summed E-state index contributed by atoms with van der Waals surface area (Å²) in [5.74, 6) is 0.469. The molecule has 3 rings (SSSR count). The Morgan fingerprint density at radius 2 is 2.08 bits per heavy atom. The molecule has 0 aromatic carbocycles. The van der Waals surface area contributed by atoms with E-state index in [9.17, 15) is 13.2 Å². The number of piperidine rings is 1. The summed E-state index contributed by atoms with van der Waals surface area (Å²) >= 11 is 2.38. The average molecular weight is 391 g/mol. The molecule has 1 aliphatic heterocycles. The summed E-state index contributed by atoms with van der Waals surface area (Å²) in [6.45, 7) is 5.67. The second-order valence-electron chi connectivity index (χ2n) is 6.21. The Labute approximate surface area is 153 Å². The van der Waals surface area contributed by atoms with Gasteiger partial charge in [0.1, 0.15) is 4.88 Å². The summed E-state index contributed by atoms with van der Waals surface area (Å²) in [6.07, 6.45) is -0.361. The van der Waals surface area contributed by atoms with Crippen LogP contribution in [0, 0.1) is 5.92 Å². The fourth-order valence-electron chi connectivity index (χ4n) is 2.88. The topological polar surface area (TPSA) is 41.1 Å². The van der Waals surface area contributed by atoms with Crippen LogP contribution >= 0.6 is 22.7 Å². The number of nitrogens with zero attached hydrogens (tertiary/aromatic N) is 3. The number of aryl methyl sites for hydroxylation is 1. The molecule has 0 atom stereocenters. The van der Waals surface area contributed by atoms with Gasteiger partial charge < -0.3 is 5.32 Å². The third kappa shape index (κ3) is 5.15. The van der Waals surface area contributed by atoms with Crippen molar-refractivity contribution in [1.82, 2.24) is 14.9 Å². The third-order valence-corrected chi connectivity index (χ3v) is 6.36. The molecule has 4 nitrogen and oxygen atoms in total. The van der Waals surface area contributed by atoms with Gasteiger partial charge in [0.15, 0.2) is 5.13 Å². The smallest absolute Gasteiger partial charge is 0.361 e. The van der Waals surface area contributed by atoms with Crippen LogP contribution in [-0.2, 0) is 19.1 Å². The molecule has 0 saturated carbocycles. The molecule has 1 saturated heterocycles. The molecule has 0 unspecified atom stereocenters. The summed E-state index contributed by atoms with van der Waals surface area (Å²) in [7, 11) is 0. The minimum atomic E-state index is -4.31. The zero-order valence-electron chi connectivity index (χ0n) is 14.0. The second kappa shape index (κ2) is 8.01. The SMILES string of the molecule is CCc1nc(CN2CCC(CNc3ncc(C(F)(F)F)s3)CC2)cs1. The van der Waals surface area contributed by atoms with Gasteiger partial charge in [-0.3, -0.25) is 4.90 Å². The first-order valence-corrected chi connectivity index (χ1v) is 10.1. The Bertz CT molecular complexity index is 675. The van der Waals surface area contributed by atoms with E-state index in [2.05, 4.69) is 32.5 Å². The van der Waals surface area contributed by atoms with Crippen LogP contribution in [0.5, 0.6) is 0 Å². The van der Waals surface area contributed by atoms with Gasteiger partial charge in [-0.2, -0.15) is 13.2 Å². The fourth-order valence-corrected chi connectivity index (χ4v) is 4.31. The minimum Gasteiger partial charge on any atom is -0.361 e. The van der Waals surface area contributed by atoms with Crippen molar-refractivity contribution in [2.75, 3.05) is 25.0 Å². The molecule has 0 spiro atoms. The molecular weight excluding hydrogens is 369 g/mol. The number of thiazole rings is 2. The van der Waals surface area contributed by atoms with Crippen LogP contribution in [0.4, 0.5) is 18.3 Å². The Morgan fingerprint density at radius 3 is 2.68 bits per heavy atom. The minimum absolute atomic E-state index is 0.351. The van der Waals surface area contributed by atoms with Gasteiger partial charge in [0.25, 0.3) is 0 Å². The van der Waals surface area contributed by atoms with E-state index in [-0.39, 0.29) is 0 Å². The van der Waals surface area contributed by atoms with Gasteiger partial charge in [0, 0.05) is 18.5 Å². The van der Waals surface area contributed by atoms with Crippen molar-refractivity contribution in [1.29, 1.82) is 0 Å². The highest BCUT2D eigenvalue weighted by atomic mass is 32.1. The van der Waals surface area contributed by atoms with Crippen molar-refractivity contribution < 1.29 is 13.2 Å². The largest absolute Gasteiger partial charge is 0.427 e. The number of hydrogen-bond acceptors (Lipinski definition) is 6. The molecule has 2 aromatic rings. The van der Waals surface area contributed by atoms with Crippen molar-refractivity contribution in [3.8, 4) is 0 Å². The summed E-state index contributed by atoms with van der Waals surface area (Å²) in [5.41, 5.74) is 1.14. The summed E-state index contributed by atoms with van der Waals surface area (Å²) in [5, 5.41) is 6.72. The standard InChI is InChI=1S/C16H21F3N4S2/c1-2-14-22-12(10-24-14)9-23-5-3-11(4-6-23)7-20-15-21-8-13(25-15)16(17,18)19/h8,10-11H,2-7,9H2,1H3,(H,20,21). The first kappa shape index (κ1) is 18.6. The molecule has 1 aliphatic rings. The molecule has 0 bridgehead atoms. The zero-order chi connectivity index (χ0) is 17.9. The van der Waals surface area contributed by atoms with Gasteiger partial charge in [-0.25, -0.2) is 9.97 Å². The highest BCUT2D eigenvalue weighted by molar-refractivity contribution is 7.15. The maximum atomic E-state index is 12.6. The normalized spacial score (nSPS) is 17.1. The molecule has 1 N–H and O–H groups in total. The number of nitrogens with one attached hydrogen (secondary N) is 1. The zero-order valence-corrected chi connectivity index (χ0v) is 15.6. The van der Waals surface area contributed by atoms with Crippen molar-refractivity contribution in [3.63, 3.8) is 0 Å². The lowest BCUT2D eigenvalue weighted by Gasteiger charge is -2.31. The van der Waals surface area contributed by atoms with Crippen LogP contribution in [0.15, 0.2) is 11.6 Å². The average Bonchev–Trinajstić information content (AvgIpc) is 3.23. The second-order valence-corrected chi connectivity index (χ2v) is 8.19. The lowest BCUT2D eigenvalue weighted by atomic mass is 9.97. The first-order chi connectivity index (χ1) is 11.9. The van der Waals surface area contributed by atoms with E-state index >= 15 is 0 Å². The molecule has 25 heavy (non-hydrogen) atoms. The number of hydrogen-bond donors (Lipinski definition) is 1. The first-order valence-electron chi connectivity index (χ1n) is 8.36. The number of rotatable bonds is 6. The molecule has 0 aliphatic carbocycles. The summed E-state index contributed by atoms with van der Waals surface area (Å²) < 4.78 is 37.7. The number of likely N-dealkylation sites (tertiary alicyclic amines) is 1. The molecule has 0 amide bonds. The van der Waals surface area contributed by atoms with Crippen molar-refractivity contribution in [2.45, 2.75) is 38.9 Å². The van der Waals surface area contributed by atoms with E-state index in [0.717, 1.165) is 50.8 Å². The summed E-state index contributed by atoms with van der Waals surface area (Å²) in [6, 6.07) is 0. The highest BCUT2D eigenvalue weighted by Gasteiger charge is 2.33. The number of alkyl halides is 3. The lowest BCUT2D eigenvalue weighted by molar-refractivity contribution is -0.134. The molecule has 138 valence electrons. The van der Waals surface area contributed by atoms with Gasteiger partial charge in [0.05, 0.1) is 16.9 Å². The van der Waals surface area contributed by atoms with E-state index < -0.39 is 11.1 Å². The van der Waals surface area contributed by atoms with Gasteiger partial charge in [-0.15, -0.1) is 11.3 Å². The summed E-state index contributed by atoms with van der Waals surface area (Å²) in [4.78, 5) is 10.2. The molecular formula is C16H21F3N4S2. The Morgan fingerprint density at radius 1 is 1.32 bits per heavy atom. The Hall–Kier alpha value is -1.19. The van der Waals surface area contributed by atoms with E-state index in [1.165, 1.54) is 5.01 Å². The highest BCUT2D eigenvalue weighted by Crippen LogP contribution is 2.35. The van der Waals surface area contributed by atoms with E-state index in [0.29, 0.717) is 28.9 Å². The van der Waals surface area contributed by atoms with Crippen LogP contribution in [0.25, 0.3) is 0 Å². The van der Waals surface area contributed by atoms with Crippen LogP contribution in [0.1, 0.15) is 35.3 Å². The lowest BCUT2D eigenvalue weighted by Crippen LogP contribution is -2.35. The van der Waals surface area contributed by atoms with Crippen molar-refractivity contribution in [3.05, 3.63) is 27.2 Å². The maximum absolute atomic E-state index is 12.6. The maximum Gasteiger partial charge on any atom is 0.427 e. The van der Waals surface area contributed by atoms with Crippen LogP contribution in [0.2, 0.25) is 0 Å². The number of aromatic nitrogens is 2. The predicted octanol–water partition coefficient (Wildman–Crippen LogP) is 4.50. The molecule has 0 radical (unpaired) electrons. The third-order valence-electron chi connectivity index (χ3n) is 4.32. The van der Waals surface area contributed by atoms with Gasteiger partial charge >= 0.3 is 6.18 Å². The Kier molecular flexibility index (Phi) is 5.96. The van der Waals surface area contributed by atoms with Gasteiger partial charge in [-0.1, -0.05) is 18.3 Å². The van der Waals surface area contributed by atoms with Crippen LogP contribution in [-0.4, -0.2) is 34.5 Å². The molecule has 2 aromatic heterocycles. The van der Waals surface area contributed by atoms with Crippen molar-refractivity contribution in [2.24, 2.45) is 5.92 Å². The number of anilines is 1. The quantitative estimate of drug-likeness (QED) is 0.788. The van der Waals surface area contributed by atoms with Crippen LogP contribution in [0.3, 0.4) is 0 Å². The van der Waals surface area contributed by atoms with E-state index in [1.54, 1.807) is 11.3 Å².